The summed E-state index contributed by atoms with van der Waals surface area (Å²) in [6.07, 6.45) is 0.210. The van der Waals surface area contributed by atoms with Gasteiger partial charge in [0.2, 0.25) is 4.45 Å². The number of thioether (sulfide) groups is 2. The van der Waals surface area contributed by atoms with E-state index in [1.54, 1.807) is 0 Å². The van der Waals surface area contributed by atoms with Crippen molar-refractivity contribution in [2.24, 2.45) is 0 Å². The summed E-state index contributed by atoms with van der Waals surface area (Å²) in [5.74, 6) is -0.672. The Hall–Kier alpha value is -0.140. The lowest BCUT2D eigenvalue weighted by molar-refractivity contribution is -0.136. The van der Waals surface area contributed by atoms with Crippen molar-refractivity contribution in [3.63, 3.8) is 0 Å². The molecular formula is C7H10O4S3. The molecule has 0 aliphatic rings. The molecule has 0 aromatic rings. The van der Waals surface area contributed by atoms with E-state index in [0.29, 0.717) is 5.75 Å². The fourth-order valence-electron chi connectivity index (χ4n) is 0.450. The van der Waals surface area contributed by atoms with Gasteiger partial charge in [-0.25, -0.2) is 0 Å². The SMILES string of the molecule is CC(SC(=O)SCCC(=O)S)C(=O)O. The van der Waals surface area contributed by atoms with Gasteiger partial charge in [-0.2, -0.15) is 0 Å². The number of thiol groups is 1. The van der Waals surface area contributed by atoms with Gasteiger partial charge in [0.25, 0.3) is 0 Å². The van der Waals surface area contributed by atoms with Gasteiger partial charge in [-0.1, -0.05) is 23.5 Å². The maximum atomic E-state index is 11.1. The summed E-state index contributed by atoms with van der Waals surface area (Å²) in [5, 5.41) is 7.47. The first-order valence-corrected chi connectivity index (χ1v) is 6.02. The molecule has 0 rings (SSSR count). The van der Waals surface area contributed by atoms with E-state index in [-0.39, 0.29) is 16.0 Å². The minimum atomic E-state index is -1.02. The maximum absolute atomic E-state index is 11.1. The Bertz CT molecular complexity index is 241. The van der Waals surface area contributed by atoms with E-state index in [4.69, 9.17) is 5.11 Å². The highest BCUT2D eigenvalue weighted by atomic mass is 32.2. The van der Waals surface area contributed by atoms with Crippen molar-refractivity contribution in [1.82, 2.24) is 0 Å². The van der Waals surface area contributed by atoms with Crippen molar-refractivity contribution in [3.8, 4) is 0 Å². The van der Waals surface area contributed by atoms with Gasteiger partial charge in [0.05, 0.1) is 0 Å². The van der Waals surface area contributed by atoms with E-state index in [1.807, 2.05) is 0 Å². The van der Waals surface area contributed by atoms with Crippen molar-refractivity contribution >= 4 is 51.7 Å². The van der Waals surface area contributed by atoms with Gasteiger partial charge >= 0.3 is 5.97 Å². The van der Waals surface area contributed by atoms with E-state index < -0.39 is 11.2 Å². The number of carboxylic acids is 1. The molecule has 1 atom stereocenters. The molecule has 7 heteroatoms. The van der Waals surface area contributed by atoms with E-state index in [2.05, 4.69) is 12.6 Å². The van der Waals surface area contributed by atoms with Crippen LogP contribution in [-0.2, 0) is 9.59 Å². The van der Waals surface area contributed by atoms with Crippen molar-refractivity contribution in [2.75, 3.05) is 5.75 Å². The Morgan fingerprint density at radius 3 is 2.43 bits per heavy atom. The van der Waals surface area contributed by atoms with Crippen molar-refractivity contribution in [1.29, 1.82) is 0 Å². The molecule has 0 amide bonds. The molecule has 14 heavy (non-hydrogen) atoms. The molecule has 0 radical (unpaired) electrons. The largest absolute Gasteiger partial charge is 0.480 e. The van der Waals surface area contributed by atoms with Gasteiger partial charge in [0, 0.05) is 12.2 Å². The smallest absolute Gasteiger partial charge is 0.316 e. The highest BCUT2D eigenvalue weighted by molar-refractivity contribution is 8.39. The Morgan fingerprint density at radius 1 is 1.43 bits per heavy atom. The van der Waals surface area contributed by atoms with Crippen molar-refractivity contribution in [3.05, 3.63) is 0 Å². The van der Waals surface area contributed by atoms with E-state index in [1.165, 1.54) is 6.92 Å². The van der Waals surface area contributed by atoms with Crippen LogP contribution in [0.5, 0.6) is 0 Å². The highest BCUT2D eigenvalue weighted by Gasteiger charge is 2.16. The summed E-state index contributed by atoms with van der Waals surface area (Å²) >= 11 is 5.23. The van der Waals surface area contributed by atoms with Crippen LogP contribution in [0.15, 0.2) is 0 Å². The van der Waals surface area contributed by atoms with Gasteiger partial charge in [-0.05, 0) is 6.92 Å². The lowest BCUT2D eigenvalue weighted by Gasteiger charge is -2.02. The summed E-state index contributed by atoms with van der Waals surface area (Å²) in [5.41, 5.74) is 0. The number of carbonyl (C=O) groups excluding carboxylic acids is 2. The summed E-state index contributed by atoms with van der Waals surface area (Å²) in [6.45, 7) is 1.44. The zero-order valence-corrected chi connectivity index (χ0v) is 9.95. The summed E-state index contributed by atoms with van der Waals surface area (Å²) < 4.78 is -0.283. The Kier molecular flexibility index (Phi) is 7.12. The average Bonchev–Trinajstić information content (AvgIpc) is 2.02. The monoisotopic (exact) mass is 254 g/mol. The van der Waals surface area contributed by atoms with Gasteiger partial charge in [-0.15, -0.1) is 12.6 Å². The second-order valence-corrected chi connectivity index (χ2v) is 5.48. The van der Waals surface area contributed by atoms with Crippen molar-refractivity contribution < 1.29 is 19.5 Å². The van der Waals surface area contributed by atoms with Gasteiger partial charge < -0.3 is 5.11 Å². The summed E-state index contributed by atoms with van der Waals surface area (Å²) in [6, 6.07) is 0. The lowest BCUT2D eigenvalue weighted by atomic mass is 10.5. The molecular weight excluding hydrogens is 244 g/mol. The third-order valence-electron chi connectivity index (χ3n) is 1.16. The average molecular weight is 254 g/mol. The van der Waals surface area contributed by atoms with Crippen LogP contribution in [0.1, 0.15) is 13.3 Å². The zero-order chi connectivity index (χ0) is 11.1. The standard InChI is InChI=1S/C7H10O4S3/c1-4(6(9)10)14-7(11)13-3-2-5(8)12/h4H,2-3H2,1H3,(H,8,12)(H,9,10). The number of carboxylic acid groups (broad SMARTS) is 1. The molecule has 4 nitrogen and oxygen atoms in total. The van der Waals surface area contributed by atoms with Crippen LogP contribution >= 0.6 is 36.2 Å². The number of aliphatic carboxylic acids is 1. The molecule has 0 saturated heterocycles. The fourth-order valence-corrected chi connectivity index (χ4v) is 2.51. The van der Waals surface area contributed by atoms with Crippen LogP contribution in [-0.4, -0.2) is 31.6 Å². The van der Waals surface area contributed by atoms with E-state index >= 15 is 0 Å². The van der Waals surface area contributed by atoms with Crippen LogP contribution in [0.4, 0.5) is 4.79 Å². The van der Waals surface area contributed by atoms with Crippen LogP contribution in [0, 0.1) is 0 Å². The molecule has 1 unspecified atom stereocenters. The zero-order valence-electron chi connectivity index (χ0n) is 7.43. The second kappa shape index (κ2) is 7.19. The molecule has 0 aromatic heterocycles. The normalized spacial score (nSPS) is 12.1. The lowest BCUT2D eigenvalue weighted by Crippen LogP contribution is -2.12. The Morgan fingerprint density at radius 2 is 2.00 bits per heavy atom. The number of carbonyl (C=O) groups is 3. The predicted molar refractivity (Wildman–Crippen MR) is 61.2 cm³/mol. The number of hydrogen-bond acceptors (Lipinski definition) is 5. The molecule has 0 heterocycles. The first-order valence-electron chi connectivity index (χ1n) is 3.71. The van der Waals surface area contributed by atoms with Crippen LogP contribution < -0.4 is 0 Å². The fraction of sp³-hybridized carbons (Fsp3) is 0.571. The Balaban J connectivity index is 3.65. The van der Waals surface area contributed by atoms with Crippen LogP contribution in [0.25, 0.3) is 0 Å². The van der Waals surface area contributed by atoms with Gasteiger partial charge in [0.15, 0.2) is 5.12 Å². The molecule has 0 bridgehead atoms. The number of rotatable bonds is 5. The highest BCUT2D eigenvalue weighted by Crippen LogP contribution is 2.22. The summed E-state index contributed by atoms with van der Waals surface area (Å²) in [7, 11) is 0. The Labute approximate surface area is 95.6 Å². The van der Waals surface area contributed by atoms with E-state index in [9.17, 15) is 14.4 Å². The molecule has 0 aliphatic heterocycles. The number of hydrogen-bond donors (Lipinski definition) is 2. The van der Waals surface area contributed by atoms with Crippen molar-refractivity contribution in [2.45, 2.75) is 18.6 Å². The third-order valence-corrected chi connectivity index (χ3v) is 3.41. The molecule has 0 saturated carbocycles. The topological polar surface area (TPSA) is 71.4 Å². The van der Waals surface area contributed by atoms with E-state index in [0.717, 1.165) is 23.5 Å². The molecule has 0 spiro atoms. The van der Waals surface area contributed by atoms with Gasteiger partial charge in [-0.3, -0.25) is 14.4 Å². The molecule has 0 fully saturated rings. The first-order chi connectivity index (χ1) is 6.43. The van der Waals surface area contributed by atoms with Crippen LogP contribution in [0.2, 0.25) is 0 Å². The second-order valence-electron chi connectivity index (χ2n) is 2.34. The molecule has 0 aromatic carbocycles. The first kappa shape index (κ1) is 13.9. The minimum Gasteiger partial charge on any atom is -0.480 e. The minimum absolute atomic E-state index is 0.210. The van der Waals surface area contributed by atoms with Crippen LogP contribution in [0.3, 0.4) is 0 Å². The molecule has 1 N–H and O–H groups in total. The quantitative estimate of drug-likeness (QED) is 0.730. The third kappa shape index (κ3) is 7.28. The molecule has 0 aliphatic carbocycles. The maximum Gasteiger partial charge on any atom is 0.316 e. The summed E-state index contributed by atoms with van der Waals surface area (Å²) in [4.78, 5) is 31.8. The van der Waals surface area contributed by atoms with Gasteiger partial charge in [0.1, 0.15) is 5.25 Å². The molecule has 80 valence electrons. The predicted octanol–water partition coefficient (Wildman–Crippen LogP) is 1.89.